The van der Waals surface area contributed by atoms with E-state index in [2.05, 4.69) is 26.5 Å². The average Bonchev–Trinajstić information content (AvgIpc) is 3.37. The van der Waals surface area contributed by atoms with Gasteiger partial charge in [-0.1, -0.05) is 19.1 Å². The molecule has 3 aromatic rings. The molecule has 3 aliphatic rings. The summed E-state index contributed by atoms with van der Waals surface area (Å²) in [5.74, 6) is 0.115. The van der Waals surface area contributed by atoms with Crippen molar-refractivity contribution in [2.75, 3.05) is 37.7 Å². The maximum atomic E-state index is 14.1. The Kier molecular flexibility index (Phi) is 8.55. The first kappa shape index (κ1) is 29.9. The van der Waals surface area contributed by atoms with E-state index < -0.39 is 5.41 Å². The number of likely N-dealkylation sites (tertiary alicyclic amines) is 1. The molecule has 2 saturated heterocycles. The Morgan fingerprint density at radius 2 is 1.74 bits per heavy atom. The number of nitrogens with zero attached hydrogens (tertiary/aromatic N) is 6. The second kappa shape index (κ2) is 12.0. The van der Waals surface area contributed by atoms with Crippen LogP contribution in [0.25, 0.3) is 0 Å². The van der Waals surface area contributed by atoms with Crippen molar-refractivity contribution >= 4 is 30.2 Å². The van der Waals surface area contributed by atoms with Crippen molar-refractivity contribution in [2.45, 2.75) is 69.2 Å². The Hall–Kier alpha value is -3.53. The monoisotopic (exact) mass is 596 g/mol. The molecule has 1 amide bonds. The number of halogens is 2. The summed E-state index contributed by atoms with van der Waals surface area (Å²) in [4.78, 5) is 38.5. The number of carbonyl (C=O) groups is 2. The van der Waals surface area contributed by atoms with Gasteiger partial charge in [0.15, 0.2) is 0 Å². The smallest absolute Gasteiger partial charge is 0.302 e. The maximum absolute atomic E-state index is 14.1. The predicted molar refractivity (Wildman–Crippen MR) is 158 cm³/mol. The molecule has 1 atom stereocenters. The number of piperidine rings is 1. The molecule has 9 nitrogen and oxygen atoms in total. The third-order valence-corrected chi connectivity index (χ3v) is 9.23. The number of rotatable bonds is 8. The molecular formula is C31H38ClFN6O3. The van der Waals surface area contributed by atoms with Crippen molar-refractivity contribution in [1.82, 2.24) is 24.6 Å². The van der Waals surface area contributed by atoms with Crippen LogP contribution in [0.15, 0.2) is 48.9 Å². The second-order valence-electron chi connectivity index (χ2n) is 12.0. The molecule has 1 aliphatic carbocycles. The lowest BCUT2D eigenvalue weighted by Crippen LogP contribution is -2.37. The molecule has 1 saturated carbocycles. The average molecular weight is 597 g/mol. The van der Waals surface area contributed by atoms with Gasteiger partial charge in [-0.3, -0.25) is 14.3 Å². The van der Waals surface area contributed by atoms with Crippen molar-refractivity contribution in [3.8, 4) is 0 Å². The zero-order valence-corrected chi connectivity index (χ0v) is 25.0. The van der Waals surface area contributed by atoms with E-state index in [1.807, 2.05) is 11.0 Å². The number of amides is 1. The molecule has 0 N–H and O–H groups in total. The molecule has 224 valence electrons. The highest BCUT2D eigenvalue weighted by atomic mass is 35.5. The molecule has 0 spiro atoms. The van der Waals surface area contributed by atoms with Gasteiger partial charge < -0.3 is 14.5 Å². The predicted octanol–water partition coefficient (Wildman–Crippen LogP) is 4.86. The number of esters is 1. The fraction of sp³-hybridized carbons (Fsp3) is 0.516. The lowest BCUT2D eigenvalue weighted by Gasteiger charge is -2.33. The summed E-state index contributed by atoms with van der Waals surface area (Å²) in [5, 5.41) is 4.83. The van der Waals surface area contributed by atoms with E-state index >= 15 is 0 Å². The minimum absolute atomic E-state index is 0. The largest absolute Gasteiger partial charge is 0.466 e. The van der Waals surface area contributed by atoms with Gasteiger partial charge in [0.2, 0.25) is 5.95 Å². The van der Waals surface area contributed by atoms with Gasteiger partial charge in [-0.25, -0.2) is 14.4 Å². The zero-order chi connectivity index (χ0) is 28.6. The molecule has 3 fully saturated rings. The van der Waals surface area contributed by atoms with E-state index in [0.717, 1.165) is 56.0 Å². The first-order valence-corrected chi connectivity index (χ1v) is 14.6. The van der Waals surface area contributed by atoms with Gasteiger partial charge >= 0.3 is 5.97 Å². The summed E-state index contributed by atoms with van der Waals surface area (Å²) in [6.07, 6.45) is 10.5. The quantitative estimate of drug-likeness (QED) is 0.343. The molecule has 0 bridgehead atoms. The minimum atomic E-state index is -0.412. The molecule has 4 heterocycles. The van der Waals surface area contributed by atoms with Gasteiger partial charge in [0.1, 0.15) is 5.82 Å². The summed E-state index contributed by atoms with van der Waals surface area (Å²) >= 11 is 0. The van der Waals surface area contributed by atoms with Crippen LogP contribution in [0.3, 0.4) is 0 Å². The molecule has 1 unspecified atom stereocenters. The van der Waals surface area contributed by atoms with Crippen LogP contribution in [0.2, 0.25) is 0 Å². The van der Waals surface area contributed by atoms with Crippen molar-refractivity contribution in [3.63, 3.8) is 0 Å². The number of anilines is 1. The summed E-state index contributed by atoms with van der Waals surface area (Å²) < 4.78 is 21.2. The van der Waals surface area contributed by atoms with Crippen molar-refractivity contribution in [3.05, 3.63) is 71.6 Å². The highest BCUT2D eigenvalue weighted by molar-refractivity contribution is 5.96. The number of aromatic nitrogens is 4. The molecule has 2 aromatic heterocycles. The Balaban J connectivity index is 0.00000353. The Bertz CT molecular complexity index is 1410. The van der Waals surface area contributed by atoms with E-state index in [1.165, 1.54) is 19.1 Å². The molecular weight excluding hydrogens is 559 g/mol. The van der Waals surface area contributed by atoms with Crippen molar-refractivity contribution < 1.29 is 18.7 Å². The van der Waals surface area contributed by atoms with Gasteiger partial charge in [0.25, 0.3) is 5.91 Å². The van der Waals surface area contributed by atoms with Gasteiger partial charge in [-0.15, -0.1) is 12.4 Å². The first-order chi connectivity index (χ1) is 19.8. The molecule has 1 aromatic carbocycles. The third-order valence-electron chi connectivity index (χ3n) is 9.23. The van der Waals surface area contributed by atoms with E-state index in [0.29, 0.717) is 31.5 Å². The summed E-state index contributed by atoms with van der Waals surface area (Å²) in [7, 11) is 0. The molecule has 0 radical (unpaired) electrons. The fourth-order valence-electron chi connectivity index (χ4n) is 6.58. The van der Waals surface area contributed by atoms with Crippen LogP contribution >= 0.6 is 12.4 Å². The van der Waals surface area contributed by atoms with Gasteiger partial charge in [0, 0.05) is 56.3 Å². The number of hydrogen-bond donors (Lipinski definition) is 0. The summed E-state index contributed by atoms with van der Waals surface area (Å²) in [6, 6.07) is 8.53. The third kappa shape index (κ3) is 5.86. The Morgan fingerprint density at radius 3 is 2.38 bits per heavy atom. The van der Waals surface area contributed by atoms with Crippen LogP contribution in [-0.2, 0) is 20.4 Å². The number of ether oxygens (including phenoxy) is 1. The van der Waals surface area contributed by atoms with Gasteiger partial charge in [-0.05, 0) is 62.3 Å². The van der Waals surface area contributed by atoms with Crippen LogP contribution in [0.1, 0.15) is 80.0 Å². The SMILES string of the molecule is CC(=O)OCCC1(c2ccc(F)cc2)CCN(C(=O)c2cnn(C3CCN(c4ncccn4)CC3)c2C2(C)CC2)C1.Cl. The van der Waals surface area contributed by atoms with Crippen LogP contribution in [-0.4, -0.2) is 69.3 Å². The highest BCUT2D eigenvalue weighted by Gasteiger charge is 2.48. The molecule has 11 heteroatoms. The Morgan fingerprint density at radius 1 is 1.05 bits per heavy atom. The standard InChI is InChI=1S/C31H37FN6O3.ClH/c1-22(39)41-19-13-31(23-4-6-24(32)7-5-23)12-18-37(21-31)28(40)26-20-35-38(27(26)30(2)10-11-30)25-8-16-36(17-9-25)29-33-14-3-15-34-29;/h3-7,14-15,20,25H,8-13,16-19,21H2,1-2H3;1H. The highest BCUT2D eigenvalue weighted by Crippen LogP contribution is 2.50. The number of benzene rings is 1. The van der Waals surface area contributed by atoms with Crippen LogP contribution in [0.5, 0.6) is 0 Å². The van der Waals surface area contributed by atoms with Crippen LogP contribution < -0.4 is 4.90 Å². The first-order valence-electron chi connectivity index (χ1n) is 14.6. The fourth-order valence-corrected chi connectivity index (χ4v) is 6.58. The number of hydrogen-bond acceptors (Lipinski definition) is 7. The number of carbonyl (C=O) groups excluding carboxylic acids is 2. The normalized spacial score (nSPS) is 21.6. The van der Waals surface area contributed by atoms with E-state index in [1.54, 1.807) is 30.7 Å². The maximum Gasteiger partial charge on any atom is 0.302 e. The molecule has 6 rings (SSSR count). The lowest BCUT2D eigenvalue weighted by atomic mass is 9.77. The molecule has 2 aliphatic heterocycles. The molecule has 42 heavy (non-hydrogen) atoms. The second-order valence-corrected chi connectivity index (χ2v) is 12.0. The van der Waals surface area contributed by atoms with E-state index in [-0.39, 0.29) is 48.2 Å². The topological polar surface area (TPSA) is 93.5 Å². The minimum Gasteiger partial charge on any atom is -0.466 e. The summed E-state index contributed by atoms with van der Waals surface area (Å²) in [5.41, 5.74) is 2.24. The van der Waals surface area contributed by atoms with E-state index in [9.17, 15) is 14.0 Å². The van der Waals surface area contributed by atoms with Gasteiger partial charge in [0.05, 0.1) is 30.1 Å². The van der Waals surface area contributed by atoms with Crippen LogP contribution in [0.4, 0.5) is 10.3 Å². The van der Waals surface area contributed by atoms with Crippen molar-refractivity contribution in [2.24, 2.45) is 0 Å². The van der Waals surface area contributed by atoms with Gasteiger partial charge in [-0.2, -0.15) is 5.10 Å². The van der Waals surface area contributed by atoms with Crippen molar-refractivity contribution in [1.29, 1.82) is 0 Å². The zero-order valence-electron chi connectivity index (χ0n) is 24.2. The van der Waals surface area contributed by atoms with Crippen LogP contribution in [0, 0.1) is 5.82 Å². The lowest BCUT2D eigenvalue weighted by molar-refractivity contribution is -0.141. The summed E-state index contributed by atoms with van der Waals surface area (Å²) in [6.45, 7) is 6.61. The van der Waals surface area contributed by atoms with E-state index in [4.69, 9.17) is 9.84 Å². The Labute approximate surface area is 251 Å².